The SMILES string of the molecule is CCOc1ccc(C(C)NC(=NC)NCCCCCOC)cc1OCC.I. The average Bonchev–Trinajstić information content (AvgIpc) is 2.65. The van der Waals surface area contributed by atoms with E-state index in [0.29, 0.717) is 13.2 Å². The van der Waals surface area contributed by atoms with E-state index in [1.165, 1.54) is 0 Å². The molecule has 0 saturated carbocycles. The fourth-order valence-electron chi connectivity index (χ4n) is 2.58. The molecule has 27 heavy (non-hydrogen) atoms. The van der Waals surface area contributed by atoms with Gasteiger partial charge in [0.15, 0.2) is 17.5 Å². The Morgan fingerprint density at radius 1 is 1.07 bits per heavy atom. The molecule has 2 N–H and O–H groups in total. The fraction of sp³-hybridized carbons (Fsp3) is 0.650. The van der Waals surface area contributed by atoms with Crippen molar-refractivity contribution < 1.29 is 14.2 Å². The predicted octanol–water partition coefficient (Wildman–Crippen LogP) is 4.14. The number of benzene rings is 1. The lowest BCUT2D eigenvalue weighted by atomic mass is 10.1. The Morgan fingerprint density at radius 2 is 1.78 bits per heavy atom. The van der Waals surface area contributed by atoms with Crippen molar-refractivity contribution in [2.45, 2.75) is 46.1 Å². The lowest BCUT2D eigenvalue weighted by Gasteiger charge is -2.20. The molecule has 7 heteroatoms. The maximum absolute atomic E-state index is 5.71. The predicted molar refractivity (Wildman–Crippen MR) is 123 cm³/mol. The molecule has 0 fully saturated rings. The lowest BCUT2D eigenvalue weighted by Crippen LogP contribution is -2.39. The van der Waals surface area contributed by atoms with Gasteiger partial charge in [-0.1, -0.05) is 6.07 Å². The second kappa shape index (κ2) is 15.8. The van der Waals surface area contributed by atoms with E-state index in [-0.39, 0.29) is 30.0 Å². The Morgan fingerprint density at radius 3 is 2.41 bits per heavy atom. The van der Waals surface area contributed by atoms with Crippen molar-refractivity contribution in [3.63, 3.8) is 0 Å². The third-order valence-corrected chi connectivity index (χ3v) is 3.96. The number of unbranched alkanes of at least 4 members (excludes halogenated alkanes) is 2. The van der Waals surface area contributed by atoms with Gasteiger partial charge in [-0.3, -0.25) is 4.99 Å². The highest BCUT2D eigenvalue weighted by molar-refractivity contribution is 14.0. The Kier molecular flexibility index (Phi) is 15.1. The average molecular weight is 493 g/mol. The summed E-state index contributed by atoms with van der Waals surface area (Å²) in [6.45, 7) is 9.00. The summed E-state index contributed by atoms with van der Waals surface area (Å²) in [5.74, 6) is 2.36. The van der Waals surface area contributed by atoms with Gasteiger partial charge in [-0.05, 0) is 57.7 Å². The van der Waals surface area contributed by atoms with Gasteiger partial charge in [0, 0.05) is 27.3 Å². The van der Waals surface area contributed by atoms with Crippen LogP contribution in [0.1, 0.15) is 51.6 Å². The van der Waals surface area contributed by atoms with Crippen LogP contribution in [0, 0.1) is 0 Å². The minimum absolute atomic E-state index is 0. The summed E-state index contributed by atoms with van der Waals surface area (Å²) < 4.78 is 16.4. The fourth-order valence-corrected chi connectivity index (χ4v) is 2.58. The first-order valence-corrected chi connectivity index (χ1v) is 9.51. The van der Waals surface area contributed by atoms with Crippen LogP contribution >= 0.6 is 24.0 Å². The van der Waals surface area contributed by atoms with Crippen LogP contribution in [0.5, 0.6) is 11.5 Å². The van der Waals surface area contributed by atoms with E-state index >= 15 is 0 Å². The van der Waals surface area contributed by atoms with Crippen LogP contribution in [0.2, 0.25) is 0 Å². The standard InChI is InChI=1S/C20H35N3O3.HI/c1-6-25-18-12-11-17(15-19(18)26-7-2)16(3)23-20(21-4)22-13-9-8-10-14-24-5;/h11-12,15-16H,6-10,13-14H2,1-5H3,(H2,21,22,23);1H. The van der Waals surface area contributed by atoms with Crippen molar-refractivity contribution in [1.29, 1.82) is 0 Å². The molecule has 0 spiro atoms. The van der Waals surface area contributed by atoms with Crippen molar-refractivity contribution in [2.75, 3.05) is 40.5 Å². The zero-order valence-electron chi connectivity index (χ0n) is 17.3. The summed E-state index contributed by atoms with van der Waals surface area (Å²) in [7, 11) is 3.53. The summed E-state index contributed by atoms with van der Waals surface area (Å²) in [4.78, 5) is 4.31. The molecule has 0 heterocycles. The summed E-state index contributed by atoms with van der Waals surface area (Å²) in [6, 6.07) is 6.16. The topological polar surface area (TPSA) is 64.1 Å². The van der Waals surface area contributed by atoms with Crippen molar-refractivity contribution >= 4 is 29.9 Å². The third-order valence-electron chi connectivity index (χ3n) is 3.96. The number of hydrogen-bond donors (Lipinski definition) is 2. The van der Waals surface area contributed by atoms with E-state index in [0.717, 1.165) is 55.4 Å². The number of guanidine groups is 1. The van der Waals surface area contributed by atoms with Crippen LogP contribution in [-0.2, 0) is 4.74 Å². The van der Waals surface area contributed by atoms with Crippen molar-refractivity contribution in [1.82, 2.24) is 10.6 Å². The molecule has 1 aromatic carbocycles. The van der Waals surface area contributed by atoms with Gasteiger partial charge < -0.3 is 24.8 Å². The smallest absolute Gasteiger partial charge is 0.191 e. The van der Waals surface area contributed by atoms with Gasteiger partial charge in [-0.15, -0.1) is 24.0 Å². The van der Waals surface area contributed by atoms with Crippen LogP contribution in [0.3, 0.4) is 0 Å². The summed E-state index contributed by atoms with van der Waals surface area (Å²) >= 11 is 0. The van der Waals surface area contributed by atoms with Gasteiger partial charge in [0.2, 0.25) is 0 Å². The Labute approximate surface area is 181 Å². The molecule has 6 nitrogen and oxygen atoms in total. The highest BCUT2D eigenvalue weighted by Crippen LogP contribution is 2.30. The maximum Gasteiger partial charge on any atom is 0.191 e. The van der Waals surface area contributed by atoms with Gasteiger partial charge in [-0.25, -0.2) is 0 Å². The van der Waals surface area contributed by atoms with E-state index < -0.39 is 0 Å². The van der Waals surface area contributed by atoms with Gasteiger partial charge in [-0.2, -0.15) is 0 Å². The number of nitrogens with zero attached hydrogens (tertiary/aromatic N) is 1. The molecule has 0 radical (unpaired) electrons. The molecule has 1 aromatic rings. The minimum Gasteiger partial charge on any atom is -0.490 e. The monoisotopic (exact) mass is 493 g/mol. The van der Waals surface area contributed by atoms with E-state index in [1.807, 2.05) is 26.0 Å². The van der Waals surface area contributed by atoms with Gasteiger partial charge >= 0.3 is 0 Å². The summed E-state index contributed by atoms with van der Waals surface area (Å²) in [6.07, 6.45) is 3.33. The highest BCUT2D eigenvalue weighted by Gasteiger charge is 2.12. The largest absolute Gasteiger partial charge is 0.490 e. The number of nitrogens with one attached hydrogen (secondary N) is 2. The molecule has 0 amide bonds. The molecule has 0 aliphatic carbocycles. The van der Waals surface area contributed by atoms with Crippen molar-refractivity contribution in [2.24, 2.45) is 4.99 Å². The number of rotatable bonds is 12. The zero-order chi connectivity index (χ0) is 19.2. The third kappa shape index (κ3) is 10.0. The van der Waals surface area contributed by atoms with Crippen LogP contribution in [-0.4, -0.2) is 46.5 Å². The number of ether oxygens (including phenoxy) is 3. The first-order valence-electron chi connectivity index (χ1n) is 9.51. The Balaban J connectivity index is 0.00000676. The molecular formula is C20H36IN3O3. The number of methoxy groups -OCH3 is 1. The molecule has 0 bridgehead atoms. The van der Waals surface area contributed by atoms with Gasteiger partial charge in [0.1, 0.15) is 0 Å². The summed E-state index contributed by atoms with van der Waals surface area (Å²) in [5.41, 5.74) is 1.12. The van der Waals surface area contributed by atoms with Gasteiger partial charge in [0.25, 0.3) is 0 Å². The number of hydrogen-bond acceptors (Lipinski definition) is 4. The molecule has 0 aromatic heterocycles. The second-order valence-electron chi connectivity index (χ2n) is 5.99. The zero-order valence-corrected chi connectivity index (χ0v) is 19.7. The van der Waals surface area contributed by atoms with E-state index in [4.69, 9.17) is 14.2 Å². The highest BCUT2D eigenvalue weighted by atomic mass is 127. The molecule has 1 atom stereocenters. The molecule has 1 unspecified atom stereocenters. The number of aliphatic imine (C=N–C) groups is 1. The lowest BCUT2D eigenvalue weighted by molar-refractivity contribution is 0.192. The molecule has 1 rings (SSSR count). The van der Waals surface area contributed by atoms with Crippen LogP contribution in [0.15, 0.2) is 23.2 Å². The van der Waals surface area contributed by atoms with Crippen LogP contribution in [0.4, 0.5) is 0 Å². The number of halogens is 1. The van der Waals surface area contributed by atoms with E-state index in [2.05, 4.69) is 28.6 Å². The normalized spacial score (nSPS) is 12.1. The molecule has 0 saturated heterocycles. The van der Waals surface area contributed by atoms with Crippen molar-refractivity contribution in [3.05, 3.63) is 23.8 Å². The molecule has 0 aliphatic rings. The second-order valence-corrected chi connectivity index (χ2v) is 5.99. The quantitative estimate of drug-likeness (QED) is 0.198. The van der Waals surface area contributed by atoms with E-state index in [1.54, 1.807) is 14.2 Å². The molecular weight excluding hydrogens is 457 g/mol. The van der Waals surface area contributed by atoms with Crippen LogP contribution < -0.4 is 20.1 Å². The Hall–Kier alpha value is -1.22. The first kappa shape index (κ1) is 25.8. The Bertz CT molecular complexity index is 541. The summed E-state index contributed by atoms with van der Waals surface area (Å²) in [5, 5.41) is 6.78. The maximum atomic E-state index is 5.71. The van der Waals surface area contributed by atoms with Crippen LogP contribution in [0.25, 0.3) is 0 Å². The molecule has 156 valence electrons. The van der Waals surface area contributed by atoms with E-state index in [9.17, 15) is 0 Å². The minimum atomic E-state index is 0. The van der Waals surface area contributed by atoms with Crippen molar-refractivity contribution in [3.8, 4) is 11.5 Å². The molecule has 0 aliphatic heterocycles. The van der Waals surface area contributed by atoms with Gasteiger partial charge in [0.05, 0.1) is 19.3 Å². The first-order chi connectivity index (χ1) is 12.7.